The molecule has 4 N–H and O–H groups in total. The number of amides is 2. The minimum atomic E-state index is -1.02. The standard InChI is InChI=1S/C13H18N2O3S/c1-9(15-12(14)18)8-13(2,11(16)17)19-10-6-4-3-5-7-10/h3-7,9H,8H2,1-2H3,(H,16,17)(H3,14,15,18). The molecule has 1 rings (SSSR count). The predicted octanol–water partition coefficient (Wildman–Crippen LogP) is 2.07. The number of nitrogens with two attached hydrogens (primary N) is 1. The molecule has 104 valence electrons. The third kappa shape index (κ3) is 4.82. The number of benzene rings is 1. The van der Waals surface area contributed by atoms with Crippen LogP contribution in [0.5, 0.6) is 0 Å². The van der Waals surface area contributed by atoms with Gasteiger partial charge in [-0.1, -0.05) is 18.2 Å². The molecule has 2 unspecified atom stereocenters. The van der Waals surface area contributed by atoms with Gasteiger partial charge in [0, 0.05) is 10.9 Å². The van der Waals surface area contributed by atoms with Crippen LogP contribution in [0.3, 0.4) is 0 Å². The fourth-order valence-corrected chi connectivity index (χ4v) is 3.03. The Morgan fingerprint density at radius 2 is 2.00 bits per heavy atom. The van der Waals surface area contributed by atoms with Gasteiger partial charge in [-0.2, -0.15) is 0 Å². The lowest BCUT2D eigenvalue weighted by molar-refractivity contribution is -0.139. The number of primary amides is 1. The Balaban J connectivity index is 2.80. The summed E-state index contributed by atoms with van der Waals surface area (Å²) in [6.45, 7) is 3.38. The SMILES string of the molecule is CC(CC(C)(Sc1ccccc1)C(=O)O)NC(N)=O. The Bertz CT molecular complexity index is 452. The average molecular weight is 282 g/mol. The van der Waals surface area contributed by atoms with E-state index >= 15 is 0 Å². The number of carboxylic acids is 1. The van der Waals surface area contributed by atoms with Crippen LogP contribution in [0.4, 0.5) is 4.79 Å². The molecule has 2 atom stereocenters. The van der Waals surface area contributed by atoms with Gasteiger partial charge in [0.2, 0.25) is 0 Å². The molecule has 19 heavy (non-hydrogen) atoms. The molecule has 0 bridgehead atoms. The molecule has 0 aromatic heterocycles. The van der Waals surface area contributed by atoms with Gasteiger partial charge >= 0.3 is 12.0 Å². The van der Waals surface area contributed by atoms with E-state index in [1.165, 1.54) is 11.8 Å². The first kappa shape index (κ1) is 15.4. The van der Waals surface area contributed by atoms with Crippen LogP contribution < -0.4 is 11.1 Å². The predicted molar refractivity (Wildman–Crippen MR) is 75.1 cm³/mol. The number of rotatable bonds is 6. The largest absolute Gasteiger partial charge is 0.480 e. The zero-order valence-electron chi connectivity index (χ0n) is 10.9. The Morgan fingerprint density at radius 3 is 2.47 bits per heavy atom. The van der Waals surface area contributed by atoms with E-state index < -0.39 is 16.7 Å². The number of carbonyl (C=O) groups is 2. The van der Waals surface area contributed by atoms with E-state index in [2.05, 4.69) is 5.32 Å². The average Bonchev–Trinajstić information content (AvgIpc) is 2.28. The molecule has 6 heteroatoms. The molecule has 0 heterocycles. The fraction of sp³-hybridized carbons (Fsp3) is 0.385. The van der Waals surface area contributed by atoms with E-state index in [0.717, 1.165) is 4.90 Å². The lowest BCUT2D eigenvalue weighted by atomic mass is 10.0. The zero-order valence-corrected chi connectivity index (χ0v) is 11.7. The summed E-state index contributed by atoms with van der Waals surface area (Å²) in [7, 11) is 0. The highest BCUT2D eigenvalue weighted by Gasteiger charge is 2.36. The summed E-state index contributed by atoms with van der Waals surface area (Å²) in [5.74, 6) is -0.917. The Morgan fingerprint density at radius 1 is 1.42 bits per heavy atom. The number of urea groups is 1. The quantitative estimate of drug-likeness (QED) is 0.696. The minimum absolute atomic E-state index is 0.283. The Labute approximate surface area is 116 Å². The topological polar surface area (TPSA) is 92.4 Å². The number of aliphatic carboxylic acids is 1. The lowest BCUT2D eigenvalue weighted by Crippen LogP contribution is -2.43. The van der Waals surface area contributed by atoms with Gasteiger partial charge in [0.1, 0.15) is 4.75 Å². The third-order valence-corrected chi connectivity index (χ3v) is 3.92. The van der Waals surface area contributed by atoms with Gasteiger partial charge in [0.25, 0.3) is 0 Å². The normalized spacial score (nSPS) is 15.3. The second-order valence-corrected chi connectivity index (χ2v) is 6.14. The second kappa shape index (κ2) is 6.47. The van der Waals surface area contributed by atoms with Crippen LogP contribution >= 0.6 is 11.8 Å². The van der Waals surface area contributed by atoms with Crippen LogP contribution in [0.15, 0.2) is 35.2 Å². The van der Waals surface area contributed by atoms with Gasteiger partial charge in [-0.15, -0.1) is 11.8 Å². The van der Waals surface area contributed by atoms with Gasteiger partial charge in [0.05, 0.1) is 0 Å². The van der Waals surface area contributed by atoms with Crippen LogP contribution in [-0.2, 0) is 4.79 Å². The van der Waals surface area contributed by atoms with Crippen LogP contribution in [0.1, 0.15) is 20.3 Å². The molecular weight excluding hydrogens is 264 g/mol. The first-order valence-corrected chi connectivity index (χ1v) is 6.68. The molecule has 1 aromatic carbocycles. The van der Waals surface area contributed by atoms with Crippen molar-refractivity contribution in [2.75, 3.05) is 0 Å². The van der Waals surface area contributed by atoms with Crippen molar-refractivity contribution in [3.63, 3.8) is 0 Å². The van der Waals surface area contributed by atoms with Crippen molar-refractivity contribution in [3.8, 4) is 0 Å². The first-order valence-electron chi connectivity index (χ1n) is 5.87. The zero-order chi connectivity index (χ0) is 14.5. The fourth-order valence-electron chi connectivity index (χ4n) is 1.80. The van der Waals surface area contributed by atoms with Crippen molar-refractivity contribution in [3.05, 3.63) is 30.3 Å². The molecule has 0 aliphatic heterocycles. The summed E-state index contributed by atoms with van der Waals surface area (Å²) in [5, 5.41) is 11.9. The van der Waals surface area contributed by atoms with E-state index in [-0.39, 0.29) is 12.5 Å². The van der Waals surface area contributed by atoms with Crippen molar-refractivity contribution >= 4 is 23.8 Å². The van der Waals surface area contributed by atoms with Crippen molar-refractivity contribution in [2.45, 2.75) is 36.0 Å². The molecule has 0 spiro atoms. The Kier molecular flexibility index (Phi) is 5.23. The second-order valence-electron chi connectivity index (χ2n) is 4.56. The maximum Gasteiger partial charge on any atom is 0.319 e. The number of carbonyl (C=O) groups excluding carboxylic acids is 1. The van der Waals surface area contributed by atoms with E-state index in [1.54, 1.807) is 13.8 Å². The van der Waals surface area contributed by atoms with Crippen molar-refractivity contribution in [1.29, 1.82) is 0 Å². The maximum atomic E-state index is 11.5. The third-order valence-electron chi connectivity index (χ3n) is 2.62. The van der Waals surface area contributed by atoms with Gasteiger partial charge in [-0.05, 0) is 32.4 Å². The highest BCUT2D eigenvalue weighted by molar-refractivity contribution is 8.01. The van der Waals surface area contributed by atoms with Crippen molar-refractivity contribution in [2.24, 2.45) is 5.73 Å². The van der Waals surface area contributed by atoms with E-state index in [1.807, 2.05) is 30.3 Å². The maximum absolute atomic E-state index is 11.5. The van der Waals surface area contributed by atoms with Gasteiger partial charge in [-0.25, -0.2) is 4.79 Å². The molecule has 0 aliphatic carbocycles. The van der Waals surface area contributed by atoms with Crippen molar-refractivity contribution < 1.29 is 14.7 Å². The molecule has 5 nitrogen and oxygen atoms in total. The summed E-state index contributed by atoms with van der Waals surface area (Å²) >= 11 is 1.26. The summed E-state index contributed by atoms with van der Waals surface area (Å²) in [4.78, 5) is 23.1. The molecule has 2 amide bonds. The van der Waals surface area contributed by atoms with Crippen LogP contribution in [-0.4, -0.2) is 27.9 Å². The molecule has 0 saturated carbocycles. The summed E-state index contributed by atoms with van der Waals surface area (Å²) in [5.41, 5.74) is 5.04. The summed E-state index contributed by atoms with van der Waals surface area (Å²) in [6.07, 6.45) is 0.283. The van der Waals surface area contributed by atoms with Crippen molar-refractivity contribution in [1.82, 2.24) is 5.32 Å². The molecule has 0 radical (unpaired) electrons. The molecule has 1 aromatic rings. The van der Waals surface area contributed by atoms with E-state index in [9.17, 15) is 14.7 Å². The number of hydrogen-bond donors (Lipinski definition) is 3. The summed E-state index contributed by atoms with van der Waals surface area (Å²) in [6, 6.07) is 8.35. The number of thioether (sulfide) groups is 1. The molecule has 0 saturated heterocycles. The van der Waals surface area contributed by atoms with Crippen LogP contribution in [0.2, 0.25) is 0 Å². The lowest BCUT2D eigenvalue weighted by Gasteiger charge is -2.27. The molecule has 0 fully saturated rings. The smallest absolute Gasteiger partial charge is 0.319 e. The monoisotopic (exact) mass is 282 g/mol. The van der Waals surface area contributed by atoms with E-state index in [4.69, 9.17) is 5.73 Å². The van der Waals surface area contributed by atoms with Gasteiger partial charge < -0.3 is 16.2 Å². The molecule has 0 aliphatic rings. The van der Waals surface area contributed by atoms with Crippen LogP contribution in [0.25, 0.3) is 0 Å². The number of nitrogens with one attached hydrogen (secondary N) is 1. The van der Waals surface area contributed by atoms with Gasteiger partial charge in [-0.3, -0.25) is 4.79 Å². The number of carboxylic acid groups (broad SMARTS) is 1. The molecular formula is C13H18N2O3S. The first-order chi connectivity index (χ1) is 8.83. The highest BCUT2D eigenvalue weighted by atomic mass is 32.2. The van der Waals surface area contributed by atoms with Crippen LogP contribution in [0, 0.1) is 0 Å². The van der Waals surface area contributed by atoms with E-state index in [0.29, 0.717) is 0 Å². The highest BCUT2D eigenvalue weighted by Crippen LogP contribution is 2.36. The Hall–Kier alpha value is -1.69. The summed E-state index contributed by atoms with van der Waals surface area (Å²) < 4.78 is -1.02. The minimum Gasteiger partial charge on any atom is -0.480 e. The number of hydrogen-bond acceptors (Lipinski definition) is 3. The van der Waals surface area contributed by atoms with Gasteiger partial charge in [0.15, 0.2) is 0 Å².